The van der Waals surface area contributed by atoms with Crippen molar-refractivity contribution in [3.63, 3.8) is 0 Å². The van der Waals surface area contributed by atoms with Crippen molar-refractivity contribution < 1.29 is 14.2 Å². The van der Waals surface area contributed by atoms with Crippen molar-refractivity contribution in [2.75, 3.05) is 6.61 Å². The van der Waals surface area contributed by atoms with Crippen molar-refractivity contribution in [1.29, 1.82) is 0 Å². The second-order valence-corrected chi connectivity index (χ2v) is 6.72. The quantitative estimate of drug-likeness (QED) is 0.280. The topological polar surface area (TPSA) is 120 Å². The third kappa shape index (κ3) is 3.81. The highest BCUT2D eigenvalue weighted by Gasteiger charge is 2.12. The lowest BCUT2D eigenvalue weighted by Crippen LogP contribution is -1.90. The van der Waals surface area contributed by atoms with Crippen LogP contribution in [0.3, 0.4) is 0 Å². The van der Waals surface area contributed by atoms with Crippen LogP contribution in [-0.2, 0) is 5.75 Å². The monoisotopic (exact) mass is 397 g/mol. The molecule has 0 bridgehead atoms. The van der Waals surface area contributed by atoms with Crippen LogP contribution in [0, 0.1) is 10.1 Å². The molecule has 0 saturated heterocycles. The van der Waals surface area contributed by atoms with Gasteiger partial charge in [0, 0.05) is 23.8 Å². The molecule has 28 heavy (non-hydrogen) atoms. The van der Waals surface area contributed by atoms with E-state index in [-0.39, 0.29) is 5.69 Å². The maximum absolute atomic E-state index is 10.7. The fraction of sp³-hybridized carbons (Fsp3) is 0.167. The summed E-state index contributed by atoms with van der Waals surface area (Å²) in [6, 6.07) is 11.7. The molecule has 0 aliphatic heterocycles. The summed E-state index contributed by atoms with van der Waals surface area (Å²) in [5, 5.41) is 15.4. The molecule has 0 atom stereocenters. The number of hydrogen-bond acceptors (Lipinski definition) is 8. The summed E-state index contributed by atoms with van der Waals surface area (Å²) in [5.74, 6) is 2.06. The Morgan fingerprint density at radius 1 is 1.21 bits per heavy atom. The van der Waals surface area contributed by atoms with Crippen molar-refractivity contribution in [1.82, 2.24) is 20.1 Å². The summed E-state index contributed by atoms with van der Waals surface area (Å²) in [4.78, 5) is 22.4. The number of nitrogens with one attached hydrogen (secondary N) is 1. The first kappa shape index (κ1) is 18.0. The summed E-state index contributed by atoms with van der Waals surface area (Å²) in [6.45, 7) is 2.54. The minimum Gasteiger partial charge on any atom is -0.494 e. The Bertz CT molecular complexity index is 1120. The van der Waals surface area contributed by atoms with E-state index < -0.39 is 4.92 Å². The van der Waals surface area contributed by atoms with Gasteiger partial charge in [0.25, 0.3) is 5.69 Å². The number of fused-ring (bicyclic) bond motifs is 1. The second-order valence-electron chi connectivity index (χ2n) is 5.76. The first-order valence-corrected chi connectivity index (χ1v) is 9.43. The predicted molar refractivity (Wildman–Crippen MR) is 103 cm³/mol. The Hall–Kier alpha value is -3.40. The molecule has 9 nitrogen and oxygen atoms in total. The van der Waals surface area contributed by atoms with Crippen molar-refractivity contribution in [2.45, 2.75) is 17.8 Å². The number of nitro groups is 1. The van der Waals surface area contributed by atoms with Gasteiger partial charge < -0.3 is 14.2 Å². The lowest BCUT2D eigenvalue weighted by Gasteiger charge is -2.00. The highest BCUT2D eigenvalue weighted by atomic mass is 32.2. The molecule has 0 radical (unpaired) electrons. The molecule has 0 fully saturated rings. The van der Waals surface area contributed by atoms with Crippen LogP contribution in [0.2, 0.25) is 0 Å². The number of rotatable bonds is 7. The molecule has 142 valence electrons. The SMILES string of the molecule is CCOc1ccc2nc(SCc3nc(-c4ccc([N+](=O)[O-])cc4)no3)[nH]c2c1. The van der Waals surface area contributed by atoms with Crippen LogP contribution < -0.4 is 4.74 Å². The van der Waals surface area contributed by atoms with Gasteiger partial charge in [-0.2, -0.15) is 4.98 Å². The summed E-state index contributed by atoms with van der Waals surface area (Å²) < 4.78 is 10.8. The van der Waals surface area contributed by atoms with E-state index in [1.165, 1.54) is 23.9 Å². The van der Waals surface area contributed by atoms with Crippen molar-refractivity contribution in [3.05, 3.63) is 58.5 Å². The first-order valence-electron chi connectivity index (χ1n) is 8.45. The molecule has 0 aliphatic rings. The second kappa shape index (κ2) is 7.69. The number of nitrogens with zero attached hydrogens (tertiary/aromatic N) is 4. The normalized spacial score (nSPS) is 11.0. The van der Waals surface area contributed by atoms with E-state index in [1.807, 2.05) is 25.1 Å². The smallest absolute Gasteiger partial charge is 0.269 e. The lowest BCUT2D eigenvalue weighted by molar-refractivity contribution is -0.384. The molecule has 1 N–H and O–H groups in total. The zero-order chi connectivity index (χ0) is 19.5. The molecule has 0 aliphatic carbocycles. The summed E-state index contributed by atoms with van der Waals surface area (Å²) in [7, 11) is 0. The van der Waals surface area contributed by atoms with Crippen molar-refractivity contribution in [2.24, 2.45) is 0 Å². The number of H-pyrrole nitrogens is 1. The third-order valence-corrected chi connectivity index (χ3v) is 4.74. The Labute approximate surface area is 163 Å². The first-order chi connectivity index (χ1) is 13.6. The zero-order valence-electron chi connectivity index (χ0n) is 14.8. The molecule has 0 amide bonds. The molecular formula is C18H15N5O4S. The number of benzene rings is 2. The van der Waals surface area contributed by atoms with E-state index in [0.29, 0.717) is 29.6 Å². The van der Waals surface area contributed by atoms with Gasteiger partial charge in [-0.15, -0.1) is 0 Å². The van der Waals surface area contributed by atoms with Gasteiger partial charge in [-0.1, -0.05) is 16.9 Å². The lowest BCUT2D eigenvalue weighted by atomic mass is 10.2. The van der Waals surface area contributed by atoms with E-state index in [9.17, 15) is 10.1 Å². The Morgan fingerprint density at radius 3 is 2.79 bits per heavy atom. The zero-order valence-corrected chi connectivity index (χ0v) is 15.6. The van der Waals surface area contributed by atoms with Crippen molar-refractivity contribution in [3.8, 4) is 17.1 Å². The minimum atomic E-state index is -0.452. The maximum Gasteiger partial charge on any atom is 0.269 e. The number of aromatic amines is 1. The van der Waals surface area contributed by atoms with E-state index >= 15 is 0 Å². The van der Waals surface area contributed by atoms with Crippen LogP contribution in [-0.4, -0.2) is 31.6 Å². The highest BCUT2D eigenvalue weighted by molar-refractivity contribution is 7.98. The Kier molecular flexibility index (Phi) is 4.94. The number of thioether (sulfide) groups is 1. The fourth-order valence-corrected chi connectivity index (χ4v) is 3.31. The van der Waals surface area contributed by atoms with Gasteiger partial charge in [-0.25, -0.2) is 4.98 Å². The van der Waals surface area contributed by atoms with Gasteiger partial charge in [0.05, 0.1) is 28.3 Å². The molecule has 2 aromatic heterocycles. The van der Waals surface area contributed by atoms with Gasteiger partial charge >= 0.3 is 0 Å². The third-order valence-electron chi connectivity index (χ3n) is 3.88. The van der Waals surface area contributed by atoms with E-state index in [0.717, 1.165) is 21.9 Å². The average molecular weight is 397 g/mol. The van der Waals surface area contributed by atoms with Gasteiger partial charge in [0.1, 0.15) is 5.75 Å². The van der Waals surface area contributed by atoms with Crippen LogP contribution in [0.25, 0.3) is 22.4 Å². The van der Waals surface area contributed by atoms with Crippen LogP contribution in [0.1, 0.15) is 12.8 Å². The summed E-state index contributed by atoms with van der Waals surface area (Å²) in [6.07, 6.45) is 0. The Morgan fingerprint density at radius 2 is 2.04 bits per heavy atom. The van der Waals surface area contributed by atoms with Crippen LogP contribution in [0.4, 0.5) is 5.69 Å². The van der Waals surface area contributed by atoms with E-state index in [4.69, 9.17) is 9.26 Å². The van der Waals surface area contributed by atoms with Crippen LogP contribution >= 0.6 is 11.8 Å². The van der Waals surface area contributed by atoms with Gasteiger partial charge in [0.15, 0.2) is 5.16 Å². The van der Waals surface area contributed by atoms with Gasteiger partial charge in [0.2, 0.25) is 11.7 Å². The molecule has 10 heteroatoms. The molecule has 4 aromatic rings. The molecule has 2 heterocycles. The summed E-state index contributed by atoms with van der Waals surface area (Å²) >= 11 is 1.44. The fourth-order valence-electron chi connectivity index (χ4n) is 2.58. The number of imidazole rings is 1. The van der Waals surface area contributed by atoms with Crippen molar-refractivity contribution >= 4 is 28.5 Å². The van der Waals surface area contributed by atoms with Crippen LogP contribution in [0.5, 0.6) is 5.75 Å². The number of hydrogen-bond donors (Lipinski definition) is 1. The number of nitro benzene ring substituents is 1. The maximum atomic E-state index is 10.7. The number of ether oxygens (including phenoxy) is 1. The average Bonchev–Trinajstić information content (AvgIpc) is 3.33. The standard InChI is InChI=1S/C18H15N5O4S/c1-2-26-13-7-8-14-15(9-13)20-18(19-14)28-10-16-21-17(22-27-16)11-3-5-12(6-4-11)23(24)25/h3-9H,2,10H2,1H3,(H,19,20). The molecule has 0 saturated carbocycles. The molecule has 2 aromatic carbocycles. The molecular weight excluding hydrogens is 382 g/mol. The molecule has 4 rings (SSSR count). The predicted octanol–water partition coefficient (Wildman–Crippen LogP) is 4.21. The van der Waals surface area contributed by atoms with Gasteiger partial charge in [-0.3, -0.25) is 10.1 Å². The number of non-ortho nitro benzene ring substituents is 1. The van der Waals surface area contributed by atoms with E-state index in [2.05, 4.69) is 20.1 Å². The van der Waals surface area contributed by atoms with E-state index in [1.54, 1.807) is 12.1 Å². The Balaban J connectivity index is 1.44. The number of aromatic nitrogens is 4. The largest absolute Gasteiger partial charge is 0.494 e. The van der Waals surface area contributed by atoms with Gasteiger partial charge in [-0.05, 0) is 31.2 Å². The summed E-state index contributed by atoms with van der Waals surface area (Å²) in [5.41, 5.74) is 2.41. The molecule has 0 unspecified atom stereocenters. The highest BCUT2D eigenvalue weighted by Crippen LogP contribution is 2.26. The molecule has 0 spiro atoms. The minimum absolute atomic E-state index is 0.0143. The van der Waals surface area contributed by atoms with Crippen LogP contribution in [0.15, 0.2) is 52.1 Å².